The van der Waals surface area contributed by atoms with Crippen molar-refractivity contribution in [1.82, 2.24) is 0 Å². The lowest BCUT2D eigenvalue weighted by Gasteiger charge is -1.91. The highest BCUT2D eigenvalue weighted by molar-refractivity contribution is 7.81. The van der Waals surface area contributed by atoms with E-state index in [4.69, 9.17) is 11.5 Å². The molecule has 4 heteroatoms. The molecule has 0 saturated heterocycles. The number of thiol groups is 2. The molecule has 0 amide bonds. The van der Waals surface area contributed by atoms with Gasteiger partial charge in [0.05, 0.1) is 0 Å². The summed E-state index contributed by atoms with van der Waals surface area (Å²) in [7, 11) is 0. The van der Waals surface area contributed by atoms with E-state index in [9.17, 15) is 0 Å². The van der Waals surface area contributed by atoms with Crippen molar-refractivity contribution in [2.24, 2.45) is 11.5 Å². The van der Waals surface area contributed by atoms with E-state index >= 15 is 0 Å². The van der Waals surface area contributed by atoms with E-state index in [1.54, 1.807) is 0 Å². The van der Waals surface area contributed by atoms with Gasteiger partial charge in [-0.1, -0.05) is 6.92 Å². The lowest BCUT2D eigenvalue weighted by atomic mass is 10.4. The number of nitrogens with two attached hydrogens (primary N) is 2. The van der Waals surface area contributed by atoms with Gasteiger partial charge in [-0.3, -0.25) is 0 Å². The zero-order chi connectivity index (χ0) is 8.57. The van der Waals surface area contributed by atoms with Crippen LogP contribution in [0.2, 0.25) is 0 Å². The van der Waals surface area contributed by atoms with Crippen LogP contribution in [0, 0.1) is 0 Å². The standard InChI is InChI=1S/2C3H9NS/c1-3(4)2-5;1-3(5)2-4/h2*3,5H,2,4H2,1H3. The van der Waals surface area contributed by atoms with Gasteiger partial charge in [0.15, 0.2) is 0 Å². The normalized spacial score (nSPS) is 15.0. The van der Waals surface area contributed by atoms with Crippen molar-refractivity contribution in [3.8, 4) is 0 Å². The molecule has 0 radical (unpaired) electrons. The predicted octanol–water partition coefficient (Wildman–Crippen LogP) is 0.527. The summed E-state index contributed by atoms with van der Waals surface area (Å²) in [5.74, 6) is 0.778. The summed E-state index contributed by atoms with van der Waals surface area (Å²) in [5.41, 5.74) is 10.3. The highest BCUT2D eigenvalue weighted by atomic mass is 32.1. The molecule has 0 saturated carbocycles. The summed E-state index contributed by atoms with van der Waals surface area (Å²) in [5, 5.41) is 0.356. The molecule has 2 atom stereocenters. The lowest BCUT2D eigenvalue weighted by Crippen LogP contribution is -2.15. The number of hydrogen-bond donors (Lipinski definition) is 4. The first-order valence-electron chi connectivity index (χ1n) is 3.29. The Balaban J connectivity index is 0. The summed E-state index contributed by atoms with van der Waals surface area (Å²) in [4.78, 5) is 0. The molecule has 4 N–H and O–H groups in total. The fraction of sp³-hybridized carbons (Fsp3) is 1.00. The number of hydrogen-bond acceptors (Lipinski definition) is 4. The molecule has 2 nitrogen and oxygen atoms in total. The molecule has 0 aromatic carbocycles. The molecule has 10 heavy (non-hydrogen) atoms. The molecule has 0 aliphatic carbocycles. The Hall–Kier alpha value is 0.620. The van der Waals surface area contributed by atoms with E-state index in [0.717, 1.165) is 5.75 Å². The minimum atomic E-state index is 0.248. The van der Waals surface area contributed by atoms with Crippen molar-refractivity contribution in [1.29, 1.82) is 0 Å². The lowest BCUT2D eigenvalue weighted by molar-refractivity contribution is 0.850. The van der Waals surface area contributed by atoms with Gasteiger partial charge in [-0.2, -0.15) is 25.3 Å². The van der Waals surface area contributed by atoms with Crippen LogP contribution in [0.15, 0.2) is 0 Å². The minimum Gasteiger partial charge on any atom is -0.329 e. The first-order chi connectivity index (χ1) is 4.54. The average Bonchev–Trinajstić information content (AvgIpc) is 1.89. The third-order valence-corrected chi connectivity index (χ3v) is 1.42. The third-order valence-electron chi connectivity index (χ3n) is 0.629. The zero-order valence-electron chi connectivity index (χ0n) is 6.62. The second kappa shape index (κ2) is 9.62. The molecule has 0 aromatic rings. The fourth-order valence-electron chi connectivity index (χ4n) is 0. The van der Waals surface area contributed by atoms with Crippen molar-refractivity contribution in [2.45, 2.75) is 25.1 Å². The van der Waals surface area contributed by atoms with Crippen LogP contribution in [0.4, 0.5) is 0 Å². The Morgan fingerprint density at radius 2 is 1.60 bits per heavy atom. The molecule has 0 rings (SSSR count). The highest BCUT2D eigenvalue weighted by Gasteiger charge is 1.81. The largest absolute Gasteiger partial charge is 0.329 e. The maximum atomic E-state index is 5.22. The van der Waals surface area contributed by atoms with Gasteiger partial charge in [0.25, 0.3) is 0 Å². The molecule has 2 unspecified atom stereocenters. The van der Waals surface area contributed by atoms with Gasteiger partial charge in [-0.25, -0.2) is 0 Å². The Bertz CT molecular complexity index is 49.7. The molecule has 64 valence electrons. The zero-order valence-corrected chi connectivity index (χ0v) is 8.41. The van der Waals surface area contributed by atoms with Crippen LogP contribution in [-0.2, 0) is 0 Å². The van der Waals surface area contributed by atoms with Crippen molar-refractivity contribution in [2.75, 3.05) is 12.3 Å². The molecule has 0 aliphatic heterocycles. The first-order valence-corrected chi connectivity index (χ1v) is 4.44. The predicted molar refractivity (Wildman–Crippen MR) is 55.0 cm³/mol. The summed E-state index contributed by atoms with van der Waals surface area (Å²) in [6.07, 6.45) is 0. The molecular formula is C6H18N2S2. The molecule has 0 aliphatic rings. The van der Waals surface area contributed by atoms with Crippen LogP contribution < -0.4 is 11.5 Å². The Morgan fingerprint density at radius 3 is 1.60 bits per heavy atom. The van der Waals surface area contributed by atoms with E-state index in [2.05, 4.69) is 25.3 Å². The SMILES string of the molecule is CC(N)CS.CC(S)CN. The average molecular weight is 182 g/mol. The molecule has 0 bridgehead atoms. The minimum absolute atomic E-state index is 0.248. The molecular weight excluding hydrogens is 164 g/mol. The van der Waals surface area contributed by atoms with Crippen molar-refractivity contribution < 1.29 is 0 Å². The maximum absolute atomic E-state index is 5.22. The van der Waals surface area contributed by atoms with E-state index in [-0.39, 0.29) is 6.04 Å². The second-order valence-corrected chi connectivity index (χ2v) is 3.49. The van der Waals surface area contributed by atoms with E-state index in [1.165, 1.54) is 0 Å². The summed E-state index contributed by atoms with van der Waals surface area (Å²) >= 11 is 7.86. The van der Waals surface area contributed by atoms with Crippen LogP contribution >= 0.6 is 25.3 Å². The molecule has 0 aromatic heterocycles. The van der Waals surface area contributed by atoms with Crippen LogP contribution in [0.3, 0.4) is 0 Å². The number of rotatable bonds is 2. The Kier molecular flexibility index (Phi) is 12.7. The van der Waals surface area contributed by atoms with Crippen LogP contribution in [0.25, 0.3) is 0 Å². The summed E-state index contributed by atoms with van der Waals surface area (Å²) in [6.45, 7) is 4.55. The Labute approximate surface area is 74.6 Å². The monoisotopic (exact) mass is 182 g/mol. The van der Waals surface area contributed by atoms with Crippen molar-refractivity contribution >= 4 is 25.3 Å². The van der Waals surface area contributed by atoms with Crippen LogP contribution in [0.1, 0.15) is 13.8 Å². The van der Waals surface area contributed by atoms with Crippen molar-refractivity contribution in [3.05, 3.63) is 0 Å². The molecule has 0 fully saturated rings. The van der Waals surface area contributed by atoms with Gasteiger partial charge in [0.2, 0.25) is 0 Å². The van der Waals surface area contributed by atoms with Gasteiger partial charge in [0.1, 0.15) is 0 Å². The maximum Gasteiger partial charge on any atom is 0.0111 e. The fourth-order valence-corrected chi connectivity index (χ4v) is 0. The quantitative estimate of drug-likeness (QED) is 0.471. The smallest absolute Gasteiger partial charge is 0.0111 e. The molecule has 0 spiro atoms. The van der Waals surface area contributed by atoms with Crippen molar-refractivity contribution in [3.63, 3.8) is 0 Å². The molecule has 0 heterocycles. The summed E-state index contributed by atoms with van der Waals surface area (Å²) in [6, 6.07) is 0.248. The highest BCUT2D eigenvalue weighted by Crippen LogP contribution is 1.83. The van der Waals surface area contributed by atoms with Gasteiger partial charge >= 0.3 is 0 Å². The van der Waals surface area contributed by atoms with Gasteiger partial charge < -0.3 is 11.5 Å². The van der Waals surface area contributed by atoms with Gasteiger partial charge in [0, 0.05) is 23.6 Å². The Morgan fingerprint density at radius 1 is 1.40 bits per heavy atom. The van der Waals surface area contributed by atoms with Gasteiger partial charge in [-0.15, -0.1) is 0 Å². The third kappa shape index (κ3) is 23.4. The van der Waals surface area contributed by atoms with Gasteiger partial charge in [-0.05, 0) is 6.92 Å². The van der Waals surface area contributed by atoms with Crippen LogP contribution in [-0.4, -0.2) is 23.6 Å². The first kappa shape index (κ1) is 13.2. The van der Waals surface area contributed by atoms with Crippen LogP contribution in [0.5, 0.6) is 0 Å². The van der Waals surface area contributed by atoms with E-state index < -0.39 is 0 Å². The second-order valence-electron chi connectivity index (χ2n) is 2.24. The summed E-state index contributed by atoms with van der Waals surface area (Å²) < 4.78 is 0. The van der Waals surface area contributed by atoms with E-state index in [1.807, 2.05) is 13.8 Å². The van der Waals surface area contributed by atoms with E-state index in [0.29, 0.717) is 11.8 Å². The topological polar surface area (TPSA) is 52.0 Å².